The highest BCUT2D eigenvalue weighted by Crippen LogP contribution is 2.17. The van der Waals surface area contributed by atoms with Crippen molar-refractivity contribution in [3.05, 3.63) is 12.7 Å². The first-order valence-corrected chi connectivity index (χ1v) is 8.08. The van der Waals surface area contributed by atoms with Crippen LogP contribution in [0.25, 0.3) is 0 Å². The van der Waals surface area contributed by atoms with E-state index in [1.165, 1.54) is 18.9 Å². The Hall–Kier alpha value is 0.464. The summed E-state index contributed by atoms with van der Waals surface area (Å²) in [6.45, 7) is 8.07. The van der Waals surface area contributed by atoms with Gasteiger partial charge in [-0.05, 0) is 12.5 Å². The van der Waals surface area contributed by atoms with E-state index in [-0.39, 0.29) is 11.0 Å². The zero-order chi connectivity index (χ0) is 8.04. The number of rotatable bonds is 5. The van der Waals surface area contributed by atoms with Gasteiger partial charge in [0.1, 0.15) is 7.38 Å². The second-order valence-corrected chi connectivity index (χ2v) is 10.3. The van der Waals surface area contributed by atoms with Gasteiger partial charge in [-0.1, -0.05) is 32.0 Å². The van der Waals surface area contributed by atoms with E-state index in [0.29, 0.717) is 0 Å². The lowest BCUT2D eigenvalue weighted by Gasteiger charge is -2.10. The van der Waals surface area contributed by atoms with Crippen LogP contribution in [0.15, 0.2) is 12.7 Å². The molecule has 0 heterocycles. The summed E-state index contributed by atoms with van der Waals surface area (Å²) < 4.78 is 0. The summed E-state index contributed by atoms with van der Waals surface area (Å²) in [5.74, 6) is 0. The van der Waals surface area contributed by atoms with Gasteiger partial charge < -0.3 is 0 Å². The van der Waals surface area contributed by atoms with Gasteiger partial charge in [-0.15, -0.1) is 6.58 Å². The lowest BCUT2D eigenvalue weighted by Crippen LogP contribution is -2.14. The summed E-state index contributed by atoms with van der Waals surface area (Å²) in [6, 6.07) is 1.24. The van der Waals surface area contributed by atoms with Gasteiger partial charge in [0.05, 0.1) is 0 Å². The molecule has 0 bridgehead atoms. The molecule has 0 nitrogen and oxygen atoms in total. The molecular formula is C8H17ClSi2. The first kappa shape index (κ1) is 14.0. The maximum atomic E-state index is 6.13. The molecule has 0 N–H and O–H groups in total. The van der Waals surface area contributed by atoms with E-state index in [0.717, 1.165) is 6.42 Å². The van der Waals surface area contributed by atoms with Crippen molar-refractivity contribution in [1.29, 1.82) is 0 Å². The summed E-state index contributed by atoms with van der Waals surface area (Å²) in [4.78, 5) is 0. The molecule has 0 saturated carbocycles. The summed E-state index contributed by atoms with van der Waals surface area (Å²) in [5, 5.41) is 0. The lowest BCUT2D eigenvalue weighted by atomic mass is 10.2. The van der Waals surface area contributed by atoms with Crippen LogP contribution in [0.5, 0.6) is 0 Å². The molecule has 64 valence electrons. The number of hydrogen-bond acceptors (Lipinski definition) is 0. The molecule has 0 saturated heterocycles. The standard InChI is InChI=1S/C8H17ClSi.Si/c1-4-5-6-7-8-10(2,3)9;/h4H,1,5-8H2,2-3H3;. The fourth-order valence-electron chi connectivity index (χ4n) is 0.834. The minimum absolute atomic E-state index is 0. The second kappa shape index (κ2) is 7.13. The molecule has 0 atom stereocenters. The van der Waals surface area contributed by atoms with Crippen LogP contribution in [0, 0.1) is 0 Å². The zero-order valence-electron chi connectivity index (χ0n) is 7.49. The summed E-state index contributed by atoms with van der Waals surface area (Å²) in [6.07, 6.45) is 5.64. The molecule has 0 fully saturated rings. The Morgan fingerprint density at radius 1 is 1.36 bits per heavy atom. The topological polar surface area (TPSA) is 0 Å². The van der Waals surface area contributed by atoms with Crippen LogP contribution in [0.1, 0.15) is 19.3 Å². The smallest absolute Gasteiger partial charge is 0.150 e. The molecule has 0 rings (SSSR count). The van der Waals surface area contributed by atoms with Crippen molar-refractivity contribution in [1.82, 2.24) is 0 Å². The SMILES string of the molecule is C=CCCCC[Si](C)(C)Cl.[Si]. The van der Waals surface area contributed by atoms with E-state index in [9.17, 15) is 0 Å². The predicted octanol–water partition coefficient (Wildman–Crippen LogP) is 3.41. The van der Waals surface area contributed by atoms with E-state index >= 15 is 0 Å². The van der Waals surface area contributed by atoms with E-state index in [2.05, 4.69) is 19.7 Å². The van der Waals surface area contributed by atoms with E-state index in [4.69, 9.17) is 11.1 Å². The van der Waals surface area contributed by atoms with Gasteiger partial charge >= 0.3 is 0 Å². The van der Waals surface area contributed by atoms with Gasteiger partial charge in [-0.25, -0.2) is 0 Å². The van der Waals surface area contributed by atoms with Crippen LogP contribution in [-0.4, -0.2) is 18.3 Å². The molecule has 0 aromatic rings. The highest BCUT2D eigenvalue weighted by atomic mass is 35.6. The quantitative estimate of drug-likeness (QED) is 0.279. The van der Waals surface area contributed by atoms with Crippen molar-refractivity contribution in [2.75, 3.05) is 0 Å². The van der Waals surface area contributed by atoms with Crippen LogP contribution < -0.4 is 0 Å². The minimum Gasteiger partial charge on any atom is -0.168 e. The molecule has 0 aromatic carbocycles. The molecule has 11 heavy (non-hydrogen) atoms. The maximum absolute atomic E-state index is 6.13. The second-order valence-electron chi connectivity index (χ2n) is 3.25. The average molecular weight is 205 g/mol. The molecule has 0 spiro atoms. The van der Waals surface area contributed by atoms with Crippen LogP contribution in [0.2, 0.25) is 19.1 Å². The Balaban J connectivity index is 0. The Kier molecular flexibility index (Phi) is 9.09. The van der Waals surface area contributed by atoms with Gasteiger partial charge in [-0.3, -0.25) is 0 Å². The Labute approximate surface area is 80.8 Å². The van der Waals surface area contributed by atoms with Crippen LogP contribution >= 0.6 is 11.1 Å². The zero-order valence-corrected chi connectivity index (χ0v) is 10.2. The first-order chi connectivity index (χ1) is 4.56. The third kappa shape index (κ3) is 13.5. The van der Waals surface area contributed by atoms with Crippen molar-refractivity contribution in [2.45, 2.75) is 38.4 Å². The van der Waals surface area contributed by atoms with Crippen LogP contribution in [0.3, 0.4) is 0 Å². The third-order valence-corrected chi connectivity index (χ3v) is 3.54. The Morgan fingerprint density at radius 2 is 1.91 bits per heavy atom. The fourth-order valence-corrected chi connectivity index (χ4v) is 2.33. The molecule has 0 aliphatic carbocycles. The van der Waals surface area contributed by atoms with Crippen molar-refractivity contribution >= 4 is 29.4 Å². The first-order valence-electron chi connectivity index (χ1n) is 3.86. The Bertz CT molecular complexity index is 96.8. The number of unbranched alkanes of at least 4 members (excludes halogenated alkanes) is 2. The lowest BCUT2D eigenvalue weighted by molar-refractivity contribution is 0.807. The van der Waals surface area contributed by atoms with Gasteiger partial charge in [0.15, 0.2) is 0 Å². The largest absolute Gasteiger partial charge is 0.168 e. The van der Waals surface area contributed by atoms with Crippen molar-refractivity contribution in [3.8, 4) is 0 Å². The van der Waals surface area contributed by atoms with Crippen molar-refractivity contribution in [3.63, 3.8) is 0 Å². The summed E-state index contributed by atoms with van der Waals surface area (Å²) in [7, 11) is -1.27. The molecule has 0 aliphatic heterocycles. The Morgan fingerprint density at radius 3 is 2.27 bits per heavy atom. The molecule has 0 aromatic heterocycles. The fraction of sp³-hybridized carbons (Fsp3) is 0.750. The van der Waals surface area contributed by atoms with E-state index in [1.54, 1.807) is 0 Å². The van der Waals surface area contributed by atoms with Crippen LogP contribution in [-0.2, 0) is 0 Å². The average Bonchev–Trinajstić information content (AvgIpc) is 1.78. The summed E-state index contributed by atoms with van der Waals surface area (Å²) >= 11 is 6.13. The number of allylic oxidation sites excluding steroid dienone is 1. The monoisotopic (exact) mass is 204 g/mol. The molecule has 0 amide bonds. The van der Waals surface area contributed by atoms with Gasteiger partial charge in [0.2, 0.25) is 0 Å². The number of hydrogen-bond donors (Lipinski definition) is 0. The molecule has 4 radical (unpaired) electrons. The number of halogens is 1. The summed E-state index contributed by atoms with van der Waals surface area (Å²) in [5.41, 5.74) is 0. The van der Waals surface area contributed by atoms with E-state index in [1.807, 2.05) is 6.08 Å². The van der Waals surface area contributed by atoms with Crippen molar-refractivity contribution < 1.29 is 0 Å². The van der Waals surface area contributed by atoms with Crippen LogP contribution in [0.4, 0.5) is 0 Å². The normalized spacial score (nSPS) is 10.5. The maximum Gasteiger partial charge on any atom is 0.150 e. The minimum atomic E-state index is -1.27. The molecule has 0 aliphatic rings. The molecule has 3 heteroatoms. The van der Waals surface area contributed by atoms with Crippen molar-refractivity contribution in [2.24, 2.45) is 0 Å². The molecular weight excluding hydrogens is 188 g/mol. The van der Waals surface area contributed by atoms with E-state index < -0.39 is 7.38 Å². The van der Waals surface area contributed by atoms with Gasteiger partial charge in [-0.2, -0.15) is 11.1 Å². The molecule has 0 unspecified atom stereocenters. The van der Waals surface area contributed by atoms with Gasteiger partial charge in [0, 0.05) is 11.0 Å². The predicted molar refractivity (Wildman–Crippen MR) is 57.9 cm³/mol. The highest BCUT2D eigenvalue weighted by molar-refractivity contribution is 7.19. The highest BCUT2D eigenvalue weighted by Gasteiger charge is 2.14. The van der Waals surface area contributed by atoms with Gasteiger partial charge in [0.25, 0.3) is 0 Å². The third-order valence-electron chi connectivity index (χ3n) is 1.43.